The van der Waals surface area contributed by atoms with Gasteiger partial charge >= 0.3 is 0 Å². The fourth-order valence-corrected chi connectivity index (χ4v) is 8.19. The van der Waals surface area contributed by atoms with E-state index in [9.17, 15) is 53.9 Å². The van der Waals surface area contributed by atoms with Crippen LogP contribution >= 0.6 is 11.8 Å². The van der Waals surface area contributed by atoms with Gasteiger partial charge in [0.2, 0.25) is 41.4 Å². The van der Waals surface area contributed by atoms with Gasteiger partial charge in [-0.05, 0) is 61.8 Å². The lowest BCUT2D eigenvalue weighted by molar-refractivity contribution is -0.384. The molecule has 3 aromatic carbocycles. The molecule has 0 spiro atoms. The minimum absolute atomic E-state index is 0.102. The highest BCUT2D eigenvalue weighted by atomic mass is 32.2. The lowest BCUT2D eigenvalue weighted by Crippen LogP contribution is -2.63. The first-order chi connectivity index (χ1) is 31.4. The fourth-order valence-electron chi connectivity index (χ4n) is 7.15. The van der Waals surface area contributed by atoms with Crippen molar-refractivity contribution < 1.29 is 48.7 Å². The molecule has 0 aromatic heterocycles. The van der Waals surface area contributed by atoms with Crippen molar-refractivity contribution in [2.75, 3.05) is 23.4 Å². The van der Waals surface area contributed by atoms with Crippen LogP contribution in [0.5, 0.6) is 0 Å². The Hall–Kier alpha value is -6.32. The van der Waals surface area contributed by atoms with Gasteiger partial charge in [0, 0.05) is 48.3 Å². The topological polar surface area (TPSA) is 313 Å². The summed E-state index contributed by atoms with van der Waals surface area (Å²) in [5.41, 5.74) is 6.61. The third kappa shape index (κ3) is 15.7. The first kappa shape index (κ1) is 52.3. The Labute approximate surface area is 386 Å². The van der Waals surface area contributed by atoms with Gasteiger partial charge in [-0.15, -0.1) is 0 Å². The second-order valence-electron chi connectivity index (χ2n) is 16.6. The van der Waals surface area contributed by atoms with Crippen molar-refractivity contribution in [2.45, 2.75) is 115 Å². The molecule has 3 aromatic rings. The van der Waals surface area contributed by atoms with Crippen LogP contribution in [0.3, 0.4) is 0 Å². The zero-order valence-electron chi connectivity index (χ0n) is 37.4. The second kappa shape index (κ2) is 25.4. The Kier molecular flexibility index (Phi) is 20.1. The SMILES string of the molecule is CC(C)[C@H](NC(=O)[C@@H](NC(=O)C1CSCCCCCC(=O)NC(CCNc2cccc3ccccc23)C(=O)N1)[C@@H](C)O)C(=O)N[C@H](C(=O)N[C@@H](Cc1ccc([N+](=O)[O-])cc1)C(N)=O)[C@@H](C)O. The predicted molar refractivity (Wildman–Crippen MR) is 249 cm³/mol. The molecule has 20 nitrogen and oxygen atoms in total. The van der Waals surface area contributed by atoms with Gasteiger partial charge in [-0.1, -0.05) is 68.8 Å². The third-order valence-corrected chi connectivity index (χ3v) is 12.1. The van der Waals surface area contributed by atoms with E-state index in [1.807, 2.05) is 42.5 Å². The number of thioether (sulfide) groups is 1. The molecular weight excluding hydrogens is 875 g/mol. The van der Waals surface area contributed by atoms with E-state index in [1.165, 1.54) is 49.9 Å². The molecule has 358 valence electrons. The molecule has 0 saturated carbocycles. The number of hydrogen-bond donors (Lipinski definition) is 10. The van der Waals surface area contributed by atoms with Gasteiger partial charge in [0.1, 0.15) is 36.3 Å². The summed E-state index contributed by atoms with van der Waals surface area (Å²) in [6.07, 6.45) is -0.673. The van der Waals surface area contributed by atoms with Crippen molar-refractivity contribution in [2.24, 2.45) is 11.7 Å². The van der Waals surface area contributed by atoms with E-state index >= 15 is 0 Å². The van der Waals surface area contributed by atoms with E-state index in [1.54, 1.807) is 13.8 Å². The summed E-state index contributed by atoms with van der Waals surface area (Å²) in [5.74, 6) is -5.52. The van der Waals surface area contributed by atoms with Gasteiger partial charge in [0.05, 0.1) is 17.1 Å². The minimum Gasteiger partial charge on any atom is -0.391 e. The second-order valence-corrected chi connectivity index (χ2v) is 17.7. The molecule has 1 heterocycles. The minimum atomic E-state index is -1.66. The Bertz CT molecular complexity index is 2190. The Morgan fingerprint density at radius 3 is 2.08 bits per heavy atom. The number of nitrogens with one attached hydrogen (secondary N) is 7. The van der Waals surface area contributed by atoms with E-state index in [-0.39, 0.29) is 36.6 Å². The number of benzene rings is 3. The largest absolute Gasteiger partial charge is 0.391 e. The van der Waals surface area contributed by atoms with Gasteiger partial charge in [0.25, 0.3) is 5.69 Å². The summed E-state index contributed by atoms with van der Waals surface area (Å²) in [6.45, 7) is 5.92. The number of nitro benzene ring substituents is 1. The summed E-state index contributed by atoms with van der Waals surface area (Å²) >= 11 is 1.40. The van der Waals surface area contributed by atoms with Crippen LogP contribution in [0, 0.1) is 16.0 Å². The van der Waals surface area contributed by atoms with Crippen LogP contribution in [-0.4, -0.2) is 123 Å². The maximum Gasteiger partial charge on any atom is 0.269 e. The number of nitrogens with two attached hydrogens (primary N) is 1. The number of anilines is 1. The smallest absolute Gasteiger partial charge is 0.269 e. The number of amides is 7. The number of nitrogens with zero attached hydrogens (tertiary/aromatic N) is 1. The highest BCUT2D eigenvalue weighted by Gasteiger charge is 2.37. The molecule has 11 N–H and O–H groups in total. The average molecular weight is 936 g/mol. The maximum atomic E-state index is 13.9. The van der Waals surface area contributed by atoms with Gasteiger partial charge in [-0.25, -0.2) is 0 Å². The molecule has 0 radical (unpaired) electrons. The van der Waals surface area contributed by atoms with Crippen molar-refractivity contribution in [3.05, 3.63) is 82.4 Å². The average Bonchev–Trinajstić information content (AvgIpc) is 3.28. The molecule has 21 heteroatoms. The molecule has 2 unspecified atom stereocenters. The number of nitro groups is 1. The summed E-state index contributed by atoms with van der Waals surface area (Å²) in [5, 5.41) is 53.1. The number of aliphatic hydroxyl groups is 2. The van der Waals surface area contributed by atoms with Crippen molar-refractivity contribution in [1.82, 2.24) is 31.9 Å². The summed E-state index contributed by atoms with van der Waals surface area (Å²) in [4.78, 5) is 104. The van der Waals surface area contributed by atoms with E-state index in [0.29, 0.717) is 24.3 Å². The van der Waals surface area contributed by atoms with Gasteiger partial charge in [-0.2, -0.15) is 11.8 Å². The van der Waals surface area contributed by atoms with Crippen LogP contribution in [0.4, 0.5) is 11.4 Å². The zero-order chi connectivity index (χ0) is 48.5. The quantitative estimate of drug-likeness (QED) is 0.0592. The first-order valence-electron chi connectivity index (χ1n) is 21.9. The standard InChI is InChI=1S/C45H61N9O11S/c1-25(2)37(43(61)53-38(26(3)55)44(62)49-34(40(46)58)23-28-16-18-30(19-17-28)54(64)65)51-45(63)39(27(4)56)52-42(60)35-24-66-22-9-5-6-15-36(57)48-33(41(59)50-35)20-21-47-32-14-10-12-29-11-7-8-13-31(29)32/h7-8,10-14,16-19,25-27,33-35,37-39,47,55-56H,5-6,9,15,20-24H2,1-4H3,(H2,46,58)(H,48,57)(H,49,62)(H,50,59)(H,51,63)(H,52,60)(H,53,61)/t26-,27-,33?,34+,35?,37+,38+,39+/m1/s1. The van der Waals surface area contributed by atoms with Crippen LogP contribution in [0.25, 0.3) is 10.8 Å². The van der Waals surface area contributed by atoms with Crippen molar-refractivity contribution in [1.29, 1.82) is 0 Å². The van der Waals surface area contributed by atoms with E-state index in [4.69, 9.17) is 5.73 Å². The number of aliphatic hydroxyl groups excluding tert-OH is 2. The molecule has 4 rings (SSSR count). The molecule has 1 fully saturated rings. The molecule has 1 aliphatic rings. The van der Waals surface area contributed by atoms with Crippen molar-refractivity contribution in [3.63, 3.8) is 0 Å². The van der Waals surface area contributed by atoms with Crippen molar-refractivity contribution in [3.8, 4) is 0 Å². The molecular formula is C45H61N9O11S. The lowest BCUT2D eigenvalue weighted by atomic mass is 10.0. The summed E-state index contributed by atoms with van der Waals surface area (Å²) in [7, 11) is 0. The van der Waals surface area contributed by atoms with Crippen LogP contribution in [0.15, 0.2) is 66.7 Å². The molecule has 0 aliphatic carbocycles. The van der Waals surface area contributed by atoms with Crippen molar-refractivity contribution >= 4 is 75.3 Å². The number of fused-ring (bicyclic) bond motifs is 1. The zero-order valence-corrected chi connectivity index (χ0v) is 38.2. The number of primary amides is 1. The number of carbonyl (C=O) groups excluding carboxylic acids is 7. The van der Waals surface area contributed by atoms with Crippen LogP contribution in [0.2, 0.25) is 0 Å². The normalized spacial score (nSPS) is 18.8. The lowest BCUT2D eigenvalue weighted by Gasteiger charge is -2.30. The van der Waals surface area contributed by atoms with Crippen LogP contribution in [0.1, 0.15) is 65.4 Å². The molecule has 66 heavy (non-hydrogen) atoms. The number of carbonyl (C=O) groups is 7. The van der Waals surface area contributed by atoms with E-state index in [0.717, 1.165) is 29.3 Å². The summed E-state index contributed by atoms with van der Waals surface area (Å²) < 4.78 is 0. The summed E-state index contributed by atoms with van der Waals surface area (Å²) in [6, 6.07) is 10.6. The fraction of sp³-hybridized carbons (Fsp3) is 0.489. The Balaban J connectivity index is 1.44. The van der Waals surface area contributed by atoms with Gasteiger partial charge in [0.15, 0.2) is 0 Å². The Morgan fingerprint density at radius 1 is 0.803 bits per heavy atom. The monoisotopic (exact) mass is 935 g/mol. The van der Waals surface area contributed by atoms with Gasteiger partial charge in [-0.3, -0.25) is 43.7 Å². The highest BCUT2D eigenvalue weighted by Crippen LogP contribution is 2.23. The molecule has 1 saturated heterocycles. The van der Waals surface area contributed by atoms with Crippen LogP contribution in [-0.2, 0) is 40.0 Å². The molecule has 0 bridgehead atoms. The first-order valence-corrected chi connectivity index (χ1v) is 23.0. The predicted octanol–water partition coefficient (Wildman–Crippen LogP) is 0.912. The van der Waals surface area contributed by atoms with E-state index < -0.39 is 94.7 Å². The van der Waals surface area contributed by atoms with Gasteiger partial charge < -0.3 is 53.2 Å². The molecule has 8 atom stereocenters. The molecule has 1 aliphatic heterocycles. The Morgan fingerprint density at radius 2 is 1.42 bits per heavy atom. The molecule has 7 amide bonds. The van der Waals surface area contributed by atoms with E-state index in [2.05, 4.69) is 37.2 Å². The highest BCUT2D eigenvalue weighted by molar-refractivity contribution is 7.99. The van der Waals surface area contributed by atoms with Crippen LogP contribution < -0.4 is 43.0 Å². The number of rotatable bonds is 19. The maximum absolute atomic E-state index is 13.9. The third-order valence-electron chi connectivity index (χ3n) is 10.9. The number of non-ortho nitro benzene ring substituents is 1. The number of hydrogen-bond acceptors (Lipinski definition) is 13.